The average molecular weight is 261 g/mol. The van der Waals surface area contributed by atoms with E-state index in [2.05, 4.69) is 39.7 Å². The molecule has 2 heterocycles. The molecule has 5 heteroatoms. The van der Waals surface area contributed by atoms with Gasteiger partial charge in [-0.1, -0.05) is 23.4 Å². The van der Waals surface area contributed by atoms with Crippen molar-refractivity contribution in [2.45, 2.75) is 23.0 Å². The molecule has 0 saturated carbocycles. The molecule has 0 amide bonds. The Labute approximate surface area is 110 Å². The molecule has 18 heavy (non-hydrogen) atoms. The van der Waals surface area contributed by atoms with E-state index in [-0.39, 0.29) is 5.25 Å². The SMILES string of the molecule is CNCCc1noc(C2Cc3ccccc3S2)n1. The van der Waals surface area contributed by atoms with Crippen LogP contribution in [0.4, 0.5) is 0 Å². The van der Waals surface area contributed by atoms with Gasteiger partial charge in [0.25, 0.3) is 0 Å². The maximum atomic E-state index is 5.37. The lowest BCUT2D eigenvalue weighted by Gasteiger charge is -1.99. The molecule has 1 atom stereocenters. The molecule has 0 radical (unpaired) electrons. The first kappa shape index (κ1) is 11.7. The number of hydrogen-bond acceptors (Lipinski definition) is 5. The Hall–Kier alpha value is -1.33. The number of nitrogens with zero attached hydrogens (tertiary/aromatic N) is 2. The molecule has 1 aliphatic heterocycles. The molecule has 0 aliphatic carbocycles. The minimum absolute atomic E-state index is 0.276. The van der Waals surface area contributed by atoms with Gasteiger partial charge in [-0.05, 0) is 25.1 Å². The highest BCUT2D eigenvalue weighted by atomic mass is 32.2. The van der Waals surface area contributed by atoms with Gasteiger partial charge in [-0.3, -0.25) is 0 Å². The third-order valence-corrected chi connectivity index (χ3v) is 4.31. The number of thioether (sulfide) groups is 1. The second-order valence-electron chi connectivity index (χ2n) is 4.32. The van der Waals surface area contributed by atoms with Gasteiger partial charge >= 0.3 is 0 Å². The average Bonchev–Trinajstić information content (AvgIpc) is 3.02. The molecule has 0 fully saturated rings. The number of nitrogens with one attached hydrogen (secondary N) is 1. The lowest BCUT2D eigenvalue weighted by molar-refractivity contribution is 0.371. The topological polar surface area (TPSA) is 51.0 Å². The maximum Gasteiger partial charge on any atom is 0.240 e. The molecule has 2 aromatic rings. The van der Waals surface area contributed by atoms with Crippen LogP contribution in [0.5, 0.6) is 0 Å². The molecule has 1 N–H and O–H groups in total. The molecule has 3 rings (SSSR count). The highest BCUT2D eigenvalue weighted by molar-refractivity contribution is 7.99. The van der Waals surface area contributed by atoms with Gasteiger partial charge in [0, 0.05) is 17.9 Å². The van der Waals surface area contributed by atoms with Gasteiger partial charge < -0.3 is 9.84 Å². The molecular weight excluding hydrogens is 246 g/mol. The zero-order chi connectivity index (χ0) is 12.4. The molecule has 1 aromatic carbocycles. The van der Waals surface area contributed by atoms with E-state index < -0.39 is 0 Å². The molecule has 0 bridgehead atoms. The van der Waals surface area contributed by atoms with Gasteiger partial charge in [0.1, 0.15) is 0 Å². The van der Waals surface area contributed by atoms with Crippen LogP contribution in [0.3, 0.4) is 0 Å². The number of hydrogen-bond donors (Lipinski definition) is 1. The third kappa shape index (κ3) is 2.28. The summed E-state index contributed by atoms with van der Waals surface area (Å²) in [6.45, 7) is 0.872. The van der Waals surface area contributed by atoms with E-state index in [4.69, 9.17) is 4.52 Å². The quantitative estimate of drug-likeness (QED) is 0.914. The molecule has 0 saturated heterocycles. The van der Waals surface area contributed by atoms with Crippen LogP contribution < -0.4 is 5.32 Å². The number of likely N-dealkylation sites (N-methyl/N-ethyl adjacent to an activating group) is 1. The Kier molecular flexibility index (Phi) is 3.34. The normalized spacial score (nSPS) is 17.9. The summed E-state index contributed by atoms with van der Waals surface area (Å²) in [6.07, 6.45) is 1.79. The van der Waals surface area contributed by atoms with Crippen molar-refractivity contribution < 1.29 is 4.52 Å². The van der Waals surface area contributed by atoms with Crippen LogP contribution in [0.2, 0.25) is 0 Å². The van der Waals surface area contributed by atoms with Gasteiger partial charge in [0.2, 0.25) is 5.89 Å². The lowest BCUT2D eigenvalue weighted by atomic mass is 10.1. The van der Waals surface area contributed by atoms with Gasteiger partial charge in [-0.15, -0.1) is 11.8 Å². The van der Waals surface area contributed by atoms with Crippen LogP contribution in [0.1, 0.15) is 22.5 Å². The van der Waals surface area contributed by atoms with Crippen molar-refractivity contribution in [1.82, 2.24) is 15.5 Å². The van der Waals surface area contributed by atoms with E-state index in [0.717, 1.165) is 31.1 Å². The highest BCUT2D eigenvalue weighted by Crippen LogP contribution is 2.45. The molecule has 4 nitrogen and oxygen atoms in total. The minimum Gasteiger partial charge on any atom is -0.338 e. The van der Waals surface area contributed by atoms with Crippen molar-refractivity contribution >= 4 is 11.8 Å². The predicted molar refractivity (Wildman–Crippen MR) is 70.7 cm³/mol. The van der Waals surface area contributed by atoms with E-state index in [1.165, 1.54) is 10.5 Å². The first-order valence-corrected chi connectivity index (χ1v) is 6.96. The van der Waals surface area contributed by atoms with Crippen molar-refractivity contribution in [1.29, 1.82) is 0 Å². The van der Waals surface area contributed by atoms with Crippen molar-refractivity contribution in [2.24, 2.45) is 0 Å². The fourth-order valence-corrected chi connectivity index (χ4v) is 3.28. The van der Waals surface area contributed by atoms with Crippen molar-refractivity contribution in [3.63, 3.8) is 0 Å². The number of aromatic nitrogens is 2. The zero-order valence-electron chi connectivity index (χ0n) is 10.2. The first-order valence-electron chi connectivity index (χ1n) is 6.08. The molecule has 1 unspecified atom stereocenters. The van der Waals surface area contributed by atoms with Crippen molar-refractivity contribution in [3.05, 3.63) is 41.5 Å². The van der Waals surface area contributed by atoms with Crippen LogP contribution in [-0.2, 0) is 12.8 Å². The summed E-state index contributed by atoms with van der Waals surface area (Å²) in [7, 11) is 1.92. The van der Waals surface area contributed by atoms with E-state index in [9.17, 15) is 0 Å². The number of fused-ring (bicyclic) bond motifs is 1. The summed E-state index contributed by atoms with van der Waals surface area (Å²) in [5, 5.41) is 7.38. The number of benzene rings is 1. The van der Waals surface area contributed by atoms with Crippen LogP contribution in [0.15, 0.2) is 33.7 Å². The summed E-state index contributed by atoms with van der Waals surface area (Å²) in [5.41, 5.74) is 1.38. The van der Waals surface area contributed by atoms with Gasteiger partial charge in [0.15, 0.2) is 5.82 Å². The molecule has 1 aromatic heterocycles. The molecular formula is C13H15N3OS. The minimum atomic E-state index is 0.276. The zero-order valence-corrected chi connectivity index (χ0v) is 11.0. The Morgan fingerprint density at radius 1 is 1.44 bits per heavy atom. The fraction of sp³-hybridized carbons (Fsp3) is 0.385. The van der Waals surface area contributed by atoms with Crippen LogP contribution >= 0.6 is 11.8 Å². The third-order valence-electron chi connectivity index (χ3n) is 3.00. The summed E-state index contributed by atoms with van der Waals surface area (Å²) in [4.78, 5) is 5.81. The summed E-state index contributed by atoms with van der Waals surface area (Å²) in [5.74, 6) is 1.54. The Morgan fingerprint density at radius 3 is 3.17 bits per heavy atom. The van der Waals surface area contributed by atoms with Crippen LogP contribution in [0, 0.1) is 0 Å². The Bertz CT molecular complexity index is 516. The Balaban J connectivity index is 1.72. The van der Waals surface area contributed by atoms with Crippen molar-refractivity contribution in [2.75, 3.05) is 13.6 Å². The summed E-state index contributed by atoms with van der Waals surface area (Å²) >= 11 is 1.81. The second kappa shape index (κ2) is 5.12. The first-order chi connectivity index (χ1) is 8.86. The maximum absolute atomic E-state index is 5.37. The highest BCUT2D eigenvalue weighted by Gasteiger charge is 2.27. The molecule has 94 valence electrons. The lowest BCUT2D eigenvalue weighted by Crippen LogP contribution is -2.11. The standard InChI is InChI=1S/C13H15N3OS/c1-14-7-6-12-15-13(17-16-12)11-8-9-4-2-3-5-10(9)18-11/h2-5,11,14H,6-8H2,1H3. The van der Waals surface area contributed by atoms with Crippen LogP contribution in [-0.4, -0.2) is 23.7 Å². The number of rotatable bonds is 4. The van der Waals surface area contributed by atoms with Crippen molar-refractivity contribution in [3.8, 4) is 0 Å². The van der Waals surface area contributed by atoms with E-state index in [1.807, 2.05) is 18.8 Å². The van der Waals surface area contributed by atoms with E-state index >= 15 is 0 Å². The van der Waals surface area contributed by atoms with Gasteiger partial charge in [-0.25, -0.2) is 0 Å². The fourth-order valence-electron chi connectivity index (χ4n) is 2.06. The summed E-state index contributed by atoms with van der Waals surface area (Å²) < 4.78 is 5.37. The van der Waals surface area contributed by atoms with E-state index in [1.54, 1.807) is 0 Å². The van der Waals surface area contributed by atoms with Gasteiger partial charge in [-0.2, -0.15) is 4.98 Å². The molecule has 1 aliphatic rings. The summed E-state index contributed by atoms with van der Waals surface area (Å²) in [6, 6.07) is 8.47. The van der Waals surface area contributed by atoms with E-state index in [0.29, 0.717) is 0 Å². The second-order valence-corrected chi connectivity index (χ2v) is 5.57. The van der Waals surface area contributed by atoms with Gasteiger partial charge in [0.05, 0.1) is 5.25 Å². The molecule has 0 spiro atoms. The monoisotopic (exact) mass is 261 g/mol. The predicted octanol–water partition coefficient (Wildman–Crippen LogP) is 2.22. The Morgan fingerprint density at radius 2 is 2.33 bits per heavy atom. The largest absolute Gasteiger partial charge is 0.338 e. The van der Waals surface area contributed by atoms with Crippen LogP contribution in [0.25, 0.3) is 0 Å². The smallest absolute Gasteiger partial charge is 0.240 e.